The summed E-state index contributed by atoms with van der Waals surface area (Å²) >= 11 is 0. The van der Waals surface area contributed by atoms with E-state index in [1.807, 2.05) is 48.5 Å². The topological polar surface area (TPSA) is 18.5 Å². The molecule has 2 heteroatoms. The molecule has 1 atom stereocenters. The predicted octanol–water partition coefficient (Wildman–Crippen LogP) is 6.67. The summed E-state index contributed by atoms with van der Waals surface area (Å²) < 4.78 is 12.0. The molecule has 0 aliphatic carbocycles. The lowest BCUT2D eigenvalue weighted by Crippen LogP contribution is -2.27. The number of hydrogen-bond acceptors (Lipinski definition) is 2. The second kappa shape index (κ2) is 8.88. The third-order valence-electron chi connectivity index (χ3n) is 5.10. The maximum absolute atomic E-state index is 6.11. The van der Waals surface area contributed by atoms with Crippen LogP contribution in [0.4, 0.5) is 0 Å². The molecular weight excluding hydrogens is 332 g/mol. The van der Waals surface area contributed by atoms with Crippen LogP contribution in [0.15, 0.2) is 78.9 Å². The molecule has 2 nitrogen and oxygen atoms in total. The Bertz CT molecular complexity index is 840. The average molecular weight is 360 g/mol. The van der Waals surface area contributed by atoms with Crippen LogP contribution in [0.5, 0.6) is 11.5 Å². The highest BCUT2D eigenvalue weighted by atomic mass is 16.5. The van der Waals surface area contributed by atoms with Crippen LogP contribution < -0.4 is 4.74 Å². The van der Waals surface area contributed by atoms with Crippen molar-refractivity contribution < 1.29 is 9.47 Å². The summed E-state index contributed by atoms with van der Waals surface area (Å²) in [6.45, 7) is 7.88. The average Bonchev–Trinajstić information content (AvgIpc) is 2.69. The van der Waals surface area contributed by atoms with Gasteiger partial charge in [-0.1, -0.05) is 74.0 Å². The van der Waals surface area contributed by atoms with Crippen molar-refractivity contribution in [2.45, 2.75) is 39.2 Å². The zero-order valence-corrected chi connectivity index (χ0v) is 16.4. The second-order valence-electron chi connectivity index (χ2n) is 7.34. The van der Waals surface area contributed by atoms with E-state index in [1.54, 1.807) is 0 Å². The first kappa shape index (κ1) is 19.2. The Morgan fingerprint density at radius 3 is 2.22 bits per heavy atom. The van der Waals surface area contributed by atoms with Gasteiger partial charge in [0.1, 0.15) is 11.5 Å². The molecule has 0 heterocycles. The zero-order chi connectivity index (χ0) is 19.1. The van der Waals surface area contributed by atoms with Gasteiger partial charge in [-0.3, -0.25) is 0 Å². The minimum Gasteiger partial charge on any atom is -0.457 e. The standard InChI is InChI=1S/C25H28O2/c1-4-25(3,22-15-13-20(2)14-16-22)19-26-18-21-9-8-12-24(17-21)27-23-10-6-5-7-11-23/h5-17H,4,18-19H2,1-3H3. The van der Waals surface area contributed by atoms with Crippen LogP contribution in [-0.2, 0) is 16.8 Å². The third kappa shape index (κ3) is 5.21. The van der Waals surface area contributed by atoms with Crippen molar-refractivity contribution in [3.63, 3.8) is 0 Å². The van der Waals surface area contributed by atoms with Gasteiger partial charge in [0.15, 0.2) is 0 Å². The molecule has 140 valence electrons. The molecule has 3 rings (SSSR count). The monoisotopic (exact) mass is 360 g/mol. The smallest absolute Gasteiger partial charge is 0.127 e. The molecule has 0 N–H and O–H groups in total. The van der Waals surface area contributed by atoms with E-state index < -0.39 is 0 Å². The number of aryl methyl sites for hydroxylation is 1. The van der Waals surface area contributed by atoms with Crippen LogP contribution >= 0.6 is 0 Å². The van der Waals surface area contributed by atoms with Crippen molar-refractivity contribution in [3.8, 4) is 11.5 Å². The van der Waals surface area contributed by atoms with E-state index in [0.29, 0.717) is 13.2 Å². The predicted molar refractivity (Wildman–Crippen MR) is 111 cm³/mol. The highest BCUT2D eigenvalue weighted by molar-refractivity contribution is 5.33. The molecule has 0 aromatic heterocycles. The fraction of sp³-hybridized carbons (Fsp3) is 0.280. The third-order valence-corrected chi connectivity index (χ3v) is 5.10. The van der Waals surface area contributed by atoms with Crippen LogP contribution in [0.3, 0.4) is 0 Å². The van der Waals surface area contributed by atoms with Crippen LogP contribution in [-0.4, -0.2) is 6.61 Å². The molecule has 0 amide bonds. The summed E-state index contributed by atoms with van der Waals surface area (Å²) in [6.07, 6.45) is 1.03. The van der Waals surface area contributed by atoms with Gasteiger partial charge in [-0.05, 0) is 48.7 Å². The first-order chi connectivity index (χ1) is 13.1. The highest BCUT2D eigenvalue weighted by Gasteiger charge is 2.24. The van der Waals surface area contributed by atoms with E-state index in [9.17, 15) is 0 Å². The van der Waals surface area contributed by atoms with Gasteiger partial charge in [-0.15, -0.1) is 0 Å². The highest BCUT2D eigenvalue weighted by Crippen LogP contribution is 2.29. The van der Waals surface area contributed by atoms with E-state index in [4.69, 9.17) is 9.47 Å². The normalized spacial score (nSPS) is 13.1. The van der Waals surface area contributed by atoms with E-state index in [-0.39, 0.29) is 5.41 Å². The zero-order valence-electron chi connectivity index (χ0n) is 16.4. The Morgan fingerprint density at radius 1 is 0.815 bits per heavy atom. The minimum atomic E-state index is 0.0197. The fourth-order valence-corrected chi connectivity index (χ4v) is 3.06. The molecule has 0 aliphatic heterocycles. The lowest BCUT2D eigenvalue weighted by Gasteiger charge is -2.29. The number of hydrogen-bond donors (Lipinski definition) is 0. The summed E-state index contributed by atoms with van der Waals surface area (Å²) in [4.78, 5) is 0. The summed E-state index contributed by atoms with van der Waals surface area (Å²) in [6, 6.07) is 26.7. The van der Waals surface area contributed by atoms with Gasteiger partial charge in [-0.25, -0.2) is 0 Å². The first-order valence-corrected chi connectivity index (χ1v) is 9.56. The van der Waals surface area contributed by atoms with Crippen LogP contribution in [0, 0.1) is 6.92 Å². The molecule has 0 aliphatic rings. The van der Waals surface area contributed by atoms with Crippen molar-refractivity contribution >= 4 is 0 Å². The second-order valence-corrected chi connectivity index (χ2v) is 7.34. The minimum absolute atomic E-state index is 0.0197. The van der Waals surface area contributed by atoms with Crippen molar-refractivity contribution in [2.24, 2.45) is 0 Å². The summed E-state index contributed by atoms with van der Waals surface area (Å²) in [5.74, 6) is 1.67. The van der Waals surface area contributed by atoms with Gasteiger partial charge in [0.25, 0.3) is 0 Å². The van der Waals surface area contributed by atoms with Crippen molar-refractivity contribution in [3.05, 3.63) is 95.6 Å². The van der Waals surface area contributed by atoms with Crippen molar-refractivity contribution in [1.29, 1.82) is 0 Å². The maximum atomic E-state index is 6.11. The number of para-hydroxylation sites is 1. The number of ether oxygens (including phenoxy) is 2. The molecule has 0 radical (unpaired) electrons. The van der Waals surface area contributed by atoms with E-state index in [1.165, 1.54) is 11.1 Å². The Morgan fingerprint density at radius 2 is 1.52 bits per heavy atom. The lowest BCUT2D eigenvalue weighted by molar-refractivity contribution is 0.0747. The van der Waals surface area contributed by atoms with Crippen LogP contribution in [0.2, 0.25) is 0 Å². The van der Waals surface area contributed by atoms with Gasteiger partial charge in [0, 0.05) is 5.41 Å². The van der Waals surface area contributed by atoms with E-state index >= 15 is 0 Å². The maximum Gasteiger partial charge on any atom is 0.127 e. The Balaban J connectivity index is 1.61. The molecule has 0 fully saturated rings. The van der Waals surface area contributed by atoms with Crippen molar-refractivity contribution in [2.75, 3.05) is 6.61 Å². The SMILES string of the molecule is CCC(C)(COCc1cccc(Oc2ccccc2)c1)c1ccc(C)cc1. The first-order valence-electron chi connectivity index (χ1n) is 9.56. The summed E-state index contributed by atoms with van der Waals surface area (Å²) in [7, 11) is 0. The lowest BCUT2D eigenvalue weighted by atomic mass is 9.80. The Kier molecular flexibility index (Phi) is 6.31. The van der Waals surface area contributed by atoms with Gasteiger partial charge in [0.2, 0.25) is 0 Å². The Labute approximate surface area is 162 Å². The summed E-state index contributed by atoms with van der Waals surface area (Å²) in [5, 5.41) is 0. The van der Waals surface area contributed by atoms with Crippen molar-refractivity contribution in [1.82, 2.24) is 0 Å². The largest absolute Gasteiger partial charge is 0.457 e. The molecule has 0 saturated heterocycles. The van der Waals surface area contributed by atoms with Gasteiger partial charge >= 0.3 is 0 Å². The van der Waals surface area contributed by atoms with Gasteiger partial charge in [0.05, 0.1) is 13.2 Å². The molecule has 3 aromatic rings. The van der Waals surface area contributed by atoms with Gasteiger partial charge in [-0.2, -0.15) is 0 Å². The molecular formula is C25H28O2. The quantitative estimate of drug-likeness (QED) is 0.446. The molecule has 0 saturated carbocycles. The number of rotatable bonds is 8. The molecule has 0 bridgehead atoms. The van der Waals surface area contributed by atoms with Crippen LogP contribution in [0.25, 0.3) is 0 Å². The molecule has 27 heavy (non-hydrogen) atoms. The fourth-order valence-electron chi connectivity index (χ4n) is 3.06. The van der Waals surface area contributed by atoms with Gasteiger partial charge < -0.3 is 9.47 Å². The summed E-state index contributed by atoms with van der Waals surface area (Å²) in [5.41, 5.74) is 3.75. The molecule has 3 aromatic carbocycles. The van der Waals surface area contributed by atoms with E-state index in [2.05, 4.69) is 51.1 Å². The van der Waals surface area contributed by atoms with Crippen LogP contribution in [0.1, 0.15) is 37.0 Å². The Hall–Kier alpha value is -2.58. The molecule has 0 spiro atoms. The molecule has 1 unspecified atom stereocenters. The number of benzene rings is 3. The van der Waals surface area contributed by atoms with E-state index in [0.717, 1.165) is 23.5 Å².